The van der Waals surface area contributed by atoms with E-state index in [-0.39, 0.29) is 24.5 Å². The molecule has 0 spiro atoms. The molecule has 12 heteroatoms. The molecular weight excluding hydrogens is 496 g/mol. The molecule has 178 valence electrons. The second-order valence-electron chi connectivity index (χ2n) is 6.98. The molecule has 1 aliphatic rings. The minimum absolute atomic E-state index is 0.0303. The number of hydrogen-bond acceptors (Lipinski definition) is 7. The smallest absolute Gasteiger partial charge is 0.387 e. The van der Waals surface area contributed by atoms with Crippen molar-refractivity contribution in [3.8, 4) is 28.4 Å². The van der Waals surface area contributed by atoms with Crippen LogP contribution >= 0.6 is 11.6 Å². The number of carbonyl (C=O) groups is 1. The zero-order chi connectivity index (χ0) is 24.5. The minimum atomic E-state index is -4.64. The Balaban J connectivity index is 1.92. The van der Waals surface area contributed by atoms with Crippen LogP contribution in [0.15, 0.2) is 59.5 Å². The summed E-state index contributed by atoms with van der Waals surface area (Å²) in [5.74, 6) is -1.83. The molecule has 4 bridgehead atoms. The van der Waals surface area contributed by atoms with E-state index in [1.165, 1.54) is 18.2 Å². The first-order chi connectivity index (χ1) is 16.2. The van der Waals surface area contributed by atoms with Crippen LogP contribution in [0, 0.1) is 0 Å². The van der Waals surface area contributed by atoms with E-state index < -0.39 is 44.0 Å². The summed E-state index contributed by atoms with van der Waals surface area (Å²) in [4.78, 5) is 11.7. The number of rotatable bonds is 2. The molecule has 0 radical (unpaired) electrons. The molecule has 0 fully saturated rings. The van der Waals surface area contributed by atoms with E-state index in [0.29, 0.717) is 16.9 Å². The zero-order valence-electron chi connectivity index (χ0n) is 17.1. The Bertz CT molecular complexity index is 1370. The van der Waals surface area contributed by atoms with Gasteiger partial charge < -0.3 is 19.3 Å². The van der Waals surface area contributed by atoms with Crippen LogP contribution in [0.25, 0.3) is 11.1 Å². The van der Waals surface area contributed by atoms with E-state index >= 15 is 0 Å². The molecule has 4 rings (SSSR count). The molecular formula is C22H16ClF2NO7S. The van der Waals surface area contributed by atoms with E-state index in [4.69, 9.17) is 21.1 Å². The van der Waals surface area contributed by atoms with Gasteiger partial charge in [0.25, 0.3) is 10.0 Å². The van der Waals surface area contributed by atoms with Crippen LogP contribution in [-0.4, -0.2) is 39.3 Å². The zero-order valence-corrected chi connectivity index (χ0v) is 18.7. The van der Waals surface area contributed by atoms with Gasteiger partial charge in [0.2, 0.25) is 0 Å². The van der Waals surface area contributed by atoms with Crippen LogP contribution in [0.3, 0.4) is 0 Å². The molecule has 0 aliphatic carbocycles. The van der Waals surface area contributed by atoms with E-state index in [2.05, 4.69) is 9.46 Å². The number of fused-ring (bicyclic) bond motifs is 6. The number of para-hydroxylation sites is 1. The molecule has 0 unspecified atom stereocenters. The number of sulfonamides is 1. The average Bonchev–Trinajstić information content (AvgIpc) is 2.78. The van der Waals surface area contributed by atoms with Crippen molar-refractivity contribution < 1.29 is 41.3 Å². The standard InChI is InChI=1S/C22H16ClF2NO7S/c23-15-9-13-11-19(20(15)27)34(29,30)26-16-10-12(5-6-18(16)33-22(24)25)14-3-1-2-4-17(14)31-7-8-32-21(13)28/h1-6,9-11,22,26-27H,7-8H2. The maximum absolute atomic E-state index is 13.1. The molecule has 0 aromatic heterocycles. The summed E-state index contributed by atoms with van der Waals surface area (Å²) in [6, 6.07) is 12.5. The van der Waals surface area contributed by atoms with Gasteiger partial charge in [0, 0.05) is 5.56 Å². The lowest BCUT2D eigenvalue weighted by molar-refractivity contribution is -0.0493. The number of carbonyl (C=O) groups excluding carboxylic acids is 1. The molecule has 1 heterocycles. The van der Waals surface area contributed by atoms with Crippen LogP contribution in [0.4, 0.5) is 14.5 Å². The van der Waals surface area contributed by atoms with Gasteiger partial charge in [-0.1, -0.05) is 35.9 Å². The van der Waals surface area contributed by atoms with E-state index in [0.717, 1.165) is 12.1 Å². The Labute approximate surface area is 197 Å². The molecule has 0 saturated heterocycles. The summed E-state index contributed by atoms with van der Waals surface area (Å²) in [5, 5.41) is 9.84. The van der Waals surface area contributed by atoms with Crippen molar-refractivity contribution in [1.29, 1.82) is 0 Å². The van der Waals surface area contributed by atoms with Crippen molar-refractivity contribution in [2.75, 3.05) is 17.9 Å². The van der Waals surface area contributed by atoms with Gasteiger partial charge in [0.1, 0.15) is 29.6 Å². The number of benzene rings is 3. The maximum Gasteiger partial charge on any atom is 0.387 e. The molecule has 3 aromatic rings. The molecule has 0 amide bonds. The van der Waals surface area contributed by atoms with Crippen LogP contribution in [0.5, 0.6) is 17.2 Å². The van der Waals surface area contributed by atoms with Crippen molar-refractivity contribution in [1.82, 2.24) is 0 Å². The number of ether oxygens (including phenoxy) is 3. The van der Waals surface area contributed by atoms with Crippen molar-refractivity contribution in [2.45, 2.75) is 11.5 Å². The lowest BCUT2D eigenvalue weighted by Gasteiger charge is -2.16. The summed E-state index contributed by atoms with van der Waals surface area (Å²) in [7, 11) is -4.64. The van der Waals surface area contributed by atoms with Gasteiger partial charge in [-0.25, -0.2) is 13.2 Å². The molecule has 0 atom stereocenters. The third-order valence-electron chi connectivity index (χ3n) is 4.77. The quantitative estimate of drug-likeness (QED) is 0.481. The average molecular weight is 512 g/mol. The number of nitrogens with one attached hydrogen (secondary N) is 1. The van der Waals surface area contributed by atoms with Gasteiger partial charge in [-0.2, -0.15) is 8.78 Å². The number of phenols is 1. The molecule has 0 saturated carbocycles. The molecule has 1 aliphatic heterocycles. The summed E-state index contributed by atoms with van der Waals surface area (Å²) in [6.45, 7) is -3.43. The largest absolute Gasteiger partial charge is 0.505 e. The van der Waals surface area contributed by atoms with Crippen molar-refractivity contribution in [3.05, 3.63) is 65.2 Å². The third kappa shape index (κ3) is 4.85. The lowest BCUT2D eigenvalue weighted by atomic mass is 10.0. The number of cyclic esters (lactones) is 1. The fourth-order valence-electron chi connectivity index (χ4n) is 3.27. The maximum atomic E-state index is 13.1. The number of phenolic OH excluding ortho intramolecular Hbond substituents is 1. The summed E-state index contributed by atoms with van der Waals surface area (Å²) < 4.78 is 69.6. The normalized spacial score (nSPS) is 15.1. The highest BCUT2D eigenvalue weighted by atomic mass is 35.5. The summed E-state index contributed by atoms with van der Waals surface area (Å²) in [6.07, 6.45) is 0. The third-order valence-corrected chi connectivity index (χ3v) is 6.43. The predicted octanol–water partition coefficient (Wildman–Crippen LogP) is 4.66. The lowest BCUT2D eigenvalue weighted by Crippen LogP contribution is -2.16. The molecule has 34 heavy (non-hydrogen) atoms. The Morgan fingerprint density at radius 3 is 2.53 bits per heavy atom. The second-order valence-corrected chi connectivity index (χ2v) is 9.04. The first-order valence-electron chi connectivity index (χ1n) is 9.69. The molecule has 3 aromatic carbocycles. The highest BCUT2D eigenvalue weighted by molar-refractivity contribution is 7.92. The topological polar surface area (TPSA) is 111 Å². The van der Waals surface area contributed by atoms with Crippen molar-refractivity contribution in [3.63, 3.8) is 0 Å². The Hall–Kier alpha value is -3.57. The van der Waals surface area contributed by atoms with Gasteiger partial charge in [-0.3, -0.25) is 4.72 Å². The van der Waals surface area contributed by atoms with E-state index in [1.807, 2.05) is 0 Å². The summed E-state index contributed by atoms with van der Waals surface area (Å²) >= 11 is 5.93. The number of alkyl halides is 2. The van der Waals surface area contributed by atoms with Gasteiger partial charge in [-0.05, 0) is 35.9 Å². The number of esters is 1. The van der Waals surface area contributed by atoms with Crippen molar-refractivity contribution in [2.24, 2.45) is 0 Å². The Kier molecular flexibility index (Phi) is 6.49. The van der Waals surface area contributed by atoms with E-state index in [9.17, 15) is 27.1 Å². The SMILES string of the molecule is O=C1OCCOc2ccccc2-c2ccc(OC(F)F)c(c2)NS(=O)(=O)c2cc1cc(Cl)c2O. The van der Waals surface area contributed by atoms with Gasteiger partial charge >= 0.3 is 12.6 Å². The first-order valence-corrected chi connectivity index (χ1v) is 11.6. The fourth-order valence-corrected chi connectivity index (χ4v) is 4.75. The Morgan fingerprint density at radius 1 is 1.03 bits per heavy atom. The van der Waals surface area contributed by atoms with Crippen LogP contribution in [0.2, 0.25) is 5.02 Å². The van der Waals surface area contributed by atoms with Crippen LogP contribution in [-0.2, 0) is 14.8 Å². The highest BCUT2D eigenvalue weighted by Crippen LogP contribution is 2.39. The van der Waals surface area contributed by atoms with Gasteiger partial charge in [-0.15, -0.1) is 0 Å². The van der Waals surface area contributed by atoms with Crippen LogP contribution in [0.1, 0.15) is 10.4 Å². The highest BCUT2D eigenvalue weighted by Gasteiger charge is 2.26. The Morgan fingerprint density at radius 2 is 1.76 bits per heavy atom. The monoisotopic (exact) mass is 511 g/mol. The predicted molar refractivity (Wildman–Crippen MR) is 118 cm³/mol. The first kappa shape index (κ1) is 23.6. The van der Waals surface area contributed by atoms with Gasteiger partial charge in [0.15, 0.2) is 5.75 Å². The molecule has 8 nitrogen and oxygen atoms in total. The van der Waals surface area contributed by atoms with Crippen molar-refractivity contribution >= 4 is 33.3 Å². The minimum Gasteiger partial charge on any atom is -0.505 e. The summed E-state index contributed by atoms with van der Waals surface area (Å²) in [5.41, 5.74) is 0.333. The number of halogens is 3. The second kappa shape index (κ2) is 9.35. The fraction of sp³-hybridized carbons (Fsp3) is 0.136. The van der Waals surface area contributed by atoms with Gasteiger partial charge in [0.05, 0.1) is 16.3 Å². The number of aromatic hydroxyl groups is 1. The van der Waals surface area contributed by atoms with E-state index in [1.54, 1.807) is 24.3 Å². The molecule has 2 N–H and O–H groups in total. The number of anilines is 1. The number of hydrogen-bond donors (Lipinski definition) is 2. The van der Waals surface area contributed by atoms with Crippen LogP contribution < -0.4 is 14.2 Å².